The van der Waals surface area contributed by atoms with Crippen LogP contribution in [0, 0.1) is 11.8 Å². The number of anilines is 1. The molecule has 204 valence electrons. The summed E-state index contributed by atoms with van der Waals surface area (Å²) in [5, 5.41) is 2.07. The lowest BCUT2D eigenvalue weighted by atomic mass is 9.93. The zero-order valence-corrected chi connectivity index (χ0v) is 22.6. The Morgan fingerprint density at radius 3 is 2.42 bits per heavy atom. The summed E-state index contributed by atoms with van der Waals surface area (Å²) in [5.41, 5.74) is 4.31. The highest BCUT2D eigenvalue weighted by molar-refractivity contribution is 7.67. The first kappa shape index (κ1) is 29.1. The number of phosphoric acid groups is 2. The molecule has 36 heavy (non-hydrogen) atoms. The molecule has 7 atom stereocenters. The van der Waals surface area contributed by atoms with E-state index in [0.29, 0.717) is 0 Å². The normalized spacial score (nSPS) is 28.0. The Morgan fingerprint density at radius 1 is 1.17 bits per heavy atom. The zero-order chi connectivity index (χ0) is 27.3. The van der Waals surface area contributed by atoms with Gasteiger partial charge in [-0.2, -0.15) is 13.6 Å². The summed E-state index contributed by atoms with van der Waals surface area (Å²) >= 11 is 0. The molecule has 1 aliphatic rings. The van der Waals surface area contributed by atoms with Crippen molar-refractivity contribution in [3.8, 4) is 0 Å². The molecule has 20 heteroatoms. The Bertz CT molecular complexity index is 1320. The number of aromatic amines is 1. The van der Waals surface area contributed by atoms with Gasteiger partial charge in [0.15, 0.2) is 11.2 Å². The monoisotopic (exact) mass is 574 g/mol. The minimum absolute atomic E-state index is 0.0430. The number of nitrogens with zero attached hydrogens (tertiary/aromatic N) is 3. The van der Waals surface area contributed by atoms with E-state index in [1.165, 1.54) is 31.7 Å². The maximum Gasteiger partial charge on any atom is 0.489 e. The molecule has 0 aromatic carbocycles. The Labute approximate surface area is 205 Å². The first-order valence-corrected chi connectivity index (χ1v) is 15.1. The summed E-state index contributed by atoms with van der Waals surface area (Å²) in [6, 6.07) is 0. The average molecular weight is 574 g/mol. The molecule has 3 heterocycles. The highest BCUT2D eigenvalue weighted by atomic mass is 31.3. The topological polar surface area (TPSA) is 250 Å². The number of aromatic nitrogens is 4. The van der Waals surface area contributed by atoms with Crippen LogP contribution in [0.4, 0.5) is 5.95 Å². The van der Waals surface area contributed by atoms with Crippen LogP contribution >= 0.6 is 23.4 Å². The van der Waals surface area contributed by atoms with Crippen LogP contribution in [0.3, 0.4) is 0 Å². The standard InChI is InChI=1S/C16H29N6O11P3/c1-8-9(2)14(22-7-18-11-12(22)19-15(17)20-13(11)23)31-10(8)6-30-35(26,27)33-36(28,29)32-34(24,25)21-16(3,4)5/h7-10,14H,6H2,1-5H3,(H,26,27)(H,28,29)(H2,21,24,25)(H3,17,19,20,23)/t8-,9?,10-,14-/m1/s1. The molecule has 1 fully saturated rings. The van der Waals surface area contributed by atoms with Crippen molar-refractivity contribution in [1.82, 2.24) is 24.6 Å². The number of imidazole rings is 1. The maximum atomic E-state index is 12.3. The van der Waals surface area contributed by atoms with E-state index in [9.17, 15) is 33.2 Å². The molecule has 1 saturated heterocycles. The van der Waals surface area contributed by atoms with E-state index in [1.54, 1.807) is 6.92 Å². The van der Waals surface area contributed by atoms with Crippen molar-refractivity contribution in [2.45, 2.75) is 52.5 Å². The van der Waals surface area contributed by atoms with Gasteiger partial charge in [0.05, 0.1) is 19.0 Å². The van der Waals surface area contributed by atoms with Crippen LogP contribution in [-0.2, 0) is 31.6 Å². The number of nitrogen functional groups attached to an aromatic ring is 1. The molecule has 0 spiro atoms. The second kappa shape index (κ2) is 10.0. The molecule has 3 rings (SSSR count). The SMILES string of the molecule is CC1[C@@H](C)[C@@H](COP(=O)(O)OP(=O)(O)OP(=O)(O)NC(C)(C)C)O[C@H]1n1cnc2c(=O)[nH]c(N)nc21. The minimum atomic E-state index is -5.52. The molecule has 4 unspecified atom stereocenters. The van der Waals surface area contributed by atoms with Crippen LogP contribution < -0.4 is 16.4 Å². The van der Waals surface area contributed by atoms with Gasteiger partial charge in [-0.3, -0.25) is 18.9 Å². The zero-order valence-electron chi connectivity index (χ0n) is 20.0. The third-order valence-electron chi connectivity index (χ3n) is 5.20. The fourth-order valence-electron chi connectivity index (χ4n) is 3.59. The molecule has 1 aliphatic heterocycles. The van der Waals surface area contributed by atoms with E-state index < -0.39 is 53.4 Å². The number of fused-ring (bicyclic) bond motifs is 1. The number of ether oxygens (including phenoxy) is 1. The van der Waals surface area contributed by atoms with E-state index in [1.807, 2.05) is 6.92 Å². The molecule has 0 radical (unpaired) electrons. The second-order valence-corrected chi connectivity index (χ2v) is 14.0. The Hall–Kier alpha value is -1.48. The van der Waals surface area contributed by atoms with Crippen molar-refractivity contribution < 1.29 is 46.3 Å². The largest absolute Gasteiger partial charge is 0.489 e. The quantitative estimate of drug-likeness (QED) is 0.233. The molecule has 0 saturated carbocycles. The van der Waals surface area contributed by atoms with Crippen LogP contribution in [0.1, 0.15) is 40.8 Å². The summed E-state index contributed by atoms with van der Waals surface area (Å²) < 4.78 is 56.9. The van der Waals surface area contributed by atoms with E-state index in [0.717, 1.165) is 0 Å². The molecular weight excluding hydrogens is 545 g/mol. The van der Waals surface area contributed by atoms with E-state index in [-0.39, 0.29) is 28.9 Å². The van der Waals surface area contributed by atoms with E-state index in [4.69, 9.17) is 15.0 Å². The smallest absolute Gasteiger partial charge is 0.369 e. The number of nitrogens with two attached hydrogens (primary N) is 1. The molecule has 0 amide bonds. The second-order valence-electron chi connectivity index (χ2n) is 9.34. The molecule has 0 bridgehead atoms. The number of nitrogens with one attached hydrogen (secondary N) is 2. The summed E-state index contributed by atoms with van der Waals surface area (Å²) in [4.78, 5) is 51.9. The highest BCUT2D eigenvalue weighted by Crippen LogP contribution is 2.66. The molecular formula is C16H29N6O11P3. The van der Waals surface area contributed by atoms with Gasteiger partial charge in [0.25, 0.3) is 5.56 Å². The van der Waals surface area contributed by atoms with Gasteiger partial charge in [-0.25, -0.2) is 23.8 Å². The lowest BCUT2D eigenvalue weighted by molar-refractivity contribution is -0.0331. The van der Waals surface area contributed by atoms with Crippen molar-refractivity contribution in [1.29, 1.82) is 0 Å². The van der Waals surface area contributed by atoms with E-state index in [2.05, 4.69) is 28.7 Å². The third-order valence-corrected chi connectivity index (χ3v) is 9.99. The van der Waals surface area contributed by atoms with Gasteiger partial charge in [-0.1, -0.05) is 13.8 Å². The Morgan fingerprint density at radius 2 is 1.81 bits per heavy atom. The number of rotatable bonds is 9. The lowest BCUT2D eigenvalue weighted by Crippen LogP contribution is -2.33. The summed E-state index contributed by atoms with van der Waals surface area (Å²) in [7, 11) is -15.7. The third kappa shape index (κ3) is 7.09. The van der Waals surface area contributed by atoms with Crippen LogP contribution in [0.15, 0.2) is 11.1 Å². The van der Waals surface area contributed by atoms with Crippen molar-refractivity contribution in [2.75, 3.05) is 12.3 Å². The Kier molecular flexibility index (Phi) is 8.08. The van der Waals surface area contributed by atoms with Crippen LogP contribution in [0.25, 0.3) is 11.2 Å². The number of phosphoric ester groups is 1. The number of hydrogen-bond donors (Lipinski definition) is 6. The van der Waals surface area contributed by atoms with Crippen molar-refractivity contribution in [2.24, 2.45) is 11.8 Å². The number of hydrogen-bond acceptors (Lipinski definition) is 11. The first-order chi connectivity index (χ1) is 16.3. The van der Waals surface area contributed by atoms with Crippen molar-refractivity contribution >= 4 is 40.5 Å². The molecule has 0 aliphatic carbocycles. The van der Waals surface area contributed by atoms with Crippen LogP contribution in [0.2, 0.25) is 0 Å². The van der Waals surface area contributed by atoms with Crippen molar-refractivity contribution in [3.05, 3.63) is 16.7 Å². The predicted octanol–water partition coefficient (Wildman–Crippen LogP) is 1.61. The molecule has 7 N–H and O–H groups in total. The summed E-state index contributed by atoms with van der Waals surface area (Å²) in [6.07, 6.45) is -0.166. The van der Waals surface area contributed by atoms with Gasteiger partial charge in [-0.15, -0.1) is 0 Å². The van der Waals surface area contributed by atoms with Gasteiger partial charge in [0.1, 0.15) is 6.23 Å². The van der Waals surface area contributed by atoms with Gasteiger partial charge >= 0.3 is 23.4 Å². The lowest BCUT2D eigenvalue weighted by Gasteiger charge is -2.25. The van der Waals surface area contributed by atoms with Gasteiger partial charge in [0.2, 0.25) is 5.95 Å². The van der Waals surface area contributed by atoms with Crippen LogP contribution in [0.5, 0.6) is 0 Å². The summed E-state index contributed by atoms with van der Waals surface area (Å²) in [6.45, 7) is 7.48. The molecule has 2 aromatic rings. The minimum Gasteiger partial charge on any atom is -0.369 e. The molecule has 17 nitrogen and oxygen atoms in total. The molecule has 2 aromatic heterocycles. The van der Waals surface area contributed by atoms with Gasteiger partial charge in [-0.05, 0) is 26.7 Å². The van der Waals surface area contributed by atoms with Gasteiger partial charge < -0.3 is 25.2 Å². The first-order valence-electron chi connectivity index (χ1n) is 10.5. The highest BCUT2D eigenvalue weighted by Gasteiger charge is 2.45. The van der Waals surface area contributed by atoms with Crippen molar-refractivity contribution in [3.63, 3.8) is 0 Å². The van der Waals surface area contributed by atoms with E-state index >= 15 is 0 Å². The van der Waals surface area contributed by atoms with Gasteiger partial charge in [0, 0.05) is 11.5 Å². The fraction of sp³-hybridized carbons (Fsp3) is 0.688. The van der Waals surface area contributed by atoms with Crippen LogP contribution in [-0.4, -0.2) is 52.4 Å². The summed E-state index contributed by atoms with van der Waals surface area (Å²) in [5.74, 6) is -0.627. The maximum absolute atomic E-state index is 12.3. The predicted molar refractivity (Wildman–Crippen MR) is 125 cm³/mol. The Balaban J connectivity index is 1.68. The number of H-pyrrole nitrogens is 1. The average Bonchev–Trinajstić information content (AvgIpc) is 3.18. The fourth-order valence-corrected chi connectivity index (χ4v) is 7.67.